The Bertz CT molecular complexity index is 422. The summed E-state index contributed by atoms with van der Waals surface area (Å²) in [7, 11) is 1.67. The van der Waals surface area contributed by atoms with E-state index in [1.807, 2.05) is 12.1 Å². The normalized spacial score (nSPS) is 11.2. The van der Waals surface area contributed by atoms with Crippen LogP contribution in [-0.4, -0.2) is 19.6 Å². The van der Waals surface area contributed by atoms with Crippen molar-refractivity contribution in [1.29, 1.82) is 0 Å². The van der Waals surface area contributed by atoms with Crippen molar-refractivity contribution in [2.24, 2.45) is 5.73 Å². The molecule has 0 saturated heterocycles. The first-order valence-corrected chi connectivity index (χ1v) is 6.02. The molecule has 1 aromatic rings. The lowest BCUT2D eigenvalue weighted by atomic mass is 9.85. The van der Waals surface area contributed by atoms with Crippen molar-refractivity contribution in [3.8, 4) is 5.75 Å². The molecule has 1 rings (SSSR count). The van der Waals surface area contributed by atoms with Gasteiger partial charge in [0.05, 0.1) is 13.7 Å². The number of hydrogen-bond donors (Lipinski definition) is 2. The Balaban J connectivity index is 2.93. The van der Waals surface area contributed by atoms with Crippen LogP contribution in [0.15, 0.2) is 18.2 Å². The van der Waals surface area contributed by atoms with E-state index < -0.39 is 0 Å². The number of amides is 1. The fourth-order valence-electron chi connectivity index (χ4n) is 1.72. The summed E-state index contributed by atoms with van der Waals surface area (Å²) >= 11 is 0. The molecule has 0 spiro atoms. The van der Waals surface area contributed by atoms with Crippen LogP contribution in [0.25, 0.3) is 0 Å². The highest BCUT2D eigenvalue weighted by molar-refractivity contribution is 5.77. The monoisotopic (exact) mass is 250 g/mol. The molecule has 0 aliphatic heterocycles. The third-order valence-electron chi connectivity index (χ3n) is 2.75. The van der Waals surface area contributed by atoms with Gasteiger partial charge in [-0.05, 0) is 28.7 Å². The molecule has 1 amide bonds. The van der Waals surface area contributed by atoms with Crippen molar-refractivity contribution in [1.82, 2.24) is 5.32 Å². The summed E-state index contributed by atoms with van der Waals surface area (Å²) in [5, 5.41) is 2.76. The lowest BCUT2D eigenvalue weighted by Crippen LogP contribution is -2.29. The number of carbonyl (C=O) groups excluding carboxylic acids is 1. The molecule has 4 nitrogen and oxygen atoms in total. The standard InChI is InChI=1S/C14H22N2O2/c1-14(2,3)11-7-10(5-6-12(11)18-4)9-16-13(17)8-15/h5-7H,8-9,15H2,1-4H3,(H,16,17). The lowest BCUT2D eigenvalue weighted by molar-refractivity contribution is -0.119. The van der Waals surface area contributed by atoms with Crippen LogP contribution in [0.2, 0.25) is 0 Å². The minimum atomic E-state index is -0.150. The van der Waals surface area contributed by atoms with Gasteiger partial charge in [0.2, 0.25) is 5.91 Å². The Kier molecular flexibility index (Phi) is 4.73. The van der Waals surface area contributed by atoms with Crippen molar-refractivity contribution in [2.75, 3.05) is 13.7 Å². The average molecular weight is 250 g/mol. The quantitative estimate of drug-likeness (QED) is 0.852. The van der Waals surface area contributed by atoms with Crippen LogP contribution in [0, 0.1) is 0 Å². The van der Waals surface area contributed by atoms with Gasteiger partial charge in [0.1, 0.15) is 5.75 Å². The van der Waals surface area contributed by atoms with Crippen LogP contribution in [0.4, 0.5) is 0 Å². The van der Waals surface area contributed by atoms with Gasteiger partial charge in [-0.3, -0.25) is 4.79 Å². The molecule has 0 unspecified atom stereocenters. The lowest BCUT2D eigenvalue weighted by Gasteiger charge is -2.23. The van der Waals surface area contributed by atoms with Gasteiger partial charge < -0.3 is 15.8 Å². The predicted octanol–water partition coefficient (Wildman–Crippen LogP) is 1.57. The number of nitrogens with one attached hydrogen (secondary N) is 1. The van der Waals surface area contributed by atoms with Crippen LogP contribution in [0.5, 0.6) is 5.75 Å². The van der Waals surface area contributed by atoms with Crippen molar-refractivity contribution in [3.05, 3.63) is 29.3 Å². The van der Waals surface area contributed by atoms with Crippen molar-refractivity contribution < 1.29 is 9.53 Å². The maximum absolute atomic E-state index is 11.1. The van der Waals surface area contributed by atoms with Gasteiger partial charge in [0.25, 0.3) is 0 Å². The zero-order valence-corrected chi connectivity index (χ0v) is 11.5. The van der Waals surface area contributed by atoms with E-state index in [-0.39, 0.29) is 17.9 Å². The molecule has 0 saturated carbocycles. The third kappa shape index (κ3) is 3.74. The van der Waals surface area contributed by atoms with Crippen LogP contribution in [0.1, 0.15) is 31.9 Å². The van der Waals surface area contributed by atoms with E-state index in [9.17, 15) is 4.79 Å². The van der Waals surface area contributed by atoms with Gasteiger partial charge in [-0.15, -0.1) is 0 Å². The second-order valence-electron chi connectivity index (χ2n) is 5.27. The molecular formula is C14H22N2O2. The molecule has 3 N–H and O–H groups in total. The number of rotatable bonds is 4. The number of nitrogens with two attached hydrogens (primary N) is 1. The highest BCUT2D eigenvalue weighted by Crippen LogP contribution is 2.31. The minimum Gasteiger partial charge on any atom is -0.496 e. The van der Waals surface area contributed by atoms with Gasteiger partial charge in [-0.1, -0.05) is 26.8 Å². The third-order valence-corrected chi connectivity index (χ3v) is 2.75. The zero-order valence-electron chi connectivity index (χ0n) is 11.5. The topological polar surface area (TPSA) is 64.3 Å². The summed E-state index contributed by atoms with van der Waals surface area (Å²) in [5.41, 5.74) is 7.42. The second kappa shape index (κ2) is 5.87. The van der Waals surface area contributed by atoms with Gasteiger partial charge in [-0.2, -0.15) is 0 Å². The largest absolute Gasteiger partial charge is 0.496 e. The molecule has 100 valence electrons. The first-order chi connectivity index (χ1) is 8.38. The molecule has 0 aliphatic rings. The molecule has 0 fully saturated rings. The van der Waals surface area contributed by atoms with Gasteiger partial charge >= 0.3 is 0 Å². The zero-order chi connectivity index (χ0) is 13.8. The van der Waals surface area contributed by atoms with Gasteiger partial charge in [0.15, 0.2) is 0 Å². The highest BCUT2D eigenvalue weighted by atomic mass is 16.5. The van der Waals surface area contributed by atoms with E-state index in [1.165, 1.54) is 0 Å². The summed E-state index contributed by atoms with van der Waals surface area (Å²) in [4.78, 5) is 11.1. The van der Waals surface area contributed by atoms with Crippen LogP contribution in [-0.2, 0) is 16.8 Å². The Morgan fingerprint density at radius 2 is 2.06 bits per heavy atom. The Morgan fingerprint density at radius 1 is 1.39 bits per heavy atom. The molecule has 4 heteroatoms. The molecule has 0 heterocycles. The van der Waals surface area contributed by atoms with Crippen LogP contribution >= 0.6 is 0 Å². The summed E-state index contributed by atoms with van der Waals surface area (Å²) in [6, 6.07) is 5.95. The maximum atomic E-state index is 11.1. The smallest absolute Gasteiger partial charge is 0.234 e. The van der Waals surface area contributed by atoms with Gasteiger partial charge in [-0.25, -0.2) is 0 Å². The molecule has 18 heavy (non-hydrogen) atoms. The van der Waals surface area contributed by atoms with Crippen LogP contribution < -0.4 is 15.8 Å². The van der Waals surface area contributed by atoms with E-state index in [0.717, 1.165) is 16.9 Å². The van der Waals surface area contributed by atoms with E-state index >= 15 is 0 Å². The summed E-state index contributed by atoms with van der Waals surface area (Å²) in [6.45, 7) is 6.90. The molecule has 0 bridgehead atoms. The molecule has 0 aliphatic carbocycles. The number of methoxy groups -OCH3 is 1. The number of carbonyl (C=O) groups is 1. The van der Waals surface area contributed by atoms with E-state index in [0.29, 0.717) is 6.54 Å². The fraction of sp³-hybridized carbons (Fsp3) is 0.500. The number of hydrogen-bond acceptors (Lipinski definition) is 3. The first kappa shape index (κ1) is 14.5. The maximum Gasteiger partial charge on any atom is 0.234 e. The predicted molar refractivity (Wildman–Crippen MR) is 72.6 cm³/mol. The first-order valence-electron chi connectivity index (χ1n) is 6.02. The van der Waals surface area contributed by atoms with Crippen molar-refractivity contribution in [3.63, 3.8) is 0 Å². The molecule has 0 aromatic heterocycles. The van der Waals surface area contributed by atoms with Gasteiger partial charge in [0, 0.05) is 6.54 Å². The Morgan fingerprint density at radius 3 is 2.56 bits per heavy atom. The fourth-order valence-corrected chi connectivity index (χ4v) is 1.72. The summed E-state index contributed by atoms with van der Waals surface area (Å²) < 4.78 is 5.37. The van der Waals surface area contributed by atoms with E-state index in [2.05, 4.69) is 32.2 Å². The second-order valence-corrected chi connectivity index (χ2v) is 5.27. The van der Waals surface area contributed by atoms with E-state index in [4.69, 9.17) is 10.5 Å². The Hall–Kier alpha value is -1.55. The van der Waals surface area contributed by atoms with Crippen molar-refractivity contribution >= 4 is 5.91 Å². The highest BCUT2D eigenvalue weighted by Gasteiger charge is 2.19. The molecular weight excluding hydrogens is 228 g/mol. The van der Waals surface area contributed by atoms with E-state index in [1.54, 1.807) is 7.11 Å². The minimum absolute atomic E-state index is 0.000764. The molecule has 1 aromatic carbocycles. The Labute approximate surface area is 109 Å². The average Bonchev–Trinajstić information content (AvgIpc) is 2.34. The van der Waals surface area contributed by atoms with Crippen molar-refractivity contribution in [2.45, 2.75) is 32.7 Å². The van der Waals surface area contributed by atoms with Crippen LogP contribution in [0.3, 0.4) is 0 Å². The molecule has 0 radical (unpaired) electrons. The number of ether oxygens (including phenoxy) is 1. The SMILES string of the molecule is COc1ccc(CNC(=O)CN)cc1C(C)(C)C. The summed E-state index contributed by atoms with van der Waals surface area (Å²) in [6.07, 6.45) is 0. The summed E-state index contributed by atoms with van der Waals surface area (Å²) in [5.74, 6) is 0.722. The number of benzene rings is 1. The molecule has 0 atom stereocenters.